The van der Waals surface area contributed by atoms with Gasteiger partial charge in [-0.3, -0.25) is 4.79 Å². The second-order valence-electron chi connectivity index (χ2n) is 16.9. The van der Waals surface area contributed by atoms with Gasteiger partial charge < -0.3 is 16.2 Å². The lowest BCUT2D eigenvalue weighted by molar-refractivity contribution is -0.162. The van der Waals surface area contributed by atoms with Crippen LogP contribution in [0.5, 0.6) is 0 Å². The first-order valence-corrected chi connectivity index (χ1v) is 17.8. The van der Waals surface area contributed by atoms with Crippen molar-refractivity contribution in [2.45, 2.75) is 139 Å². The quantitative estimate of drug-likeness (QED) is 0.167. The molecule has 3 fully saturated rings. The lowest BCUT2D eigenvalue weighted by Crippen LogP contribution is -2.58. The van der Waals surface area contributed by atoms with Gasteiger partial charge in [0.05, 0.1) is 0 Å². The molecular formula is C40H62N2O2. The van der Waals surface area contributed by atoms with Crippen LogP contribution in [0.1, 0.15) is 132 Å². The zero-order valence-electron chi connectivity index (χ0n) is 29.2. The molecule has 4 aliphatic carbocycles. The number of hydrogen-bond acceptors (Lipinski definition) is 4. The van der Waals surface area contributed by atoms with Crippen molar-refractivity contribution >= 4 is 17.3 Å². The second kappa shape index (κ2) is 12.2. The van der Waals surface area contributed by atoms with Gasteiger partial charge in [-0.15, -0.1) is 0 Å². The number of ether oxygens (including phenoxy) is 1. The van der Waals surface area contributed by atoms with Crippen molar-refractivity contribution in [2.24, 2.45) is 45.3 Å². The third kappa shape index (κ3) is 5.66. The van der Waals surface area contributed by atoms with E-state index in [0.717, 1.165) is 54.9 Å². The van der Waals surface area contributed by atoms with Gasteiger partial charge in [-0.1, -0.05) is 70.9 Å². The number of carbonyl (C=O) groups excluding carboxylic acids is 1. The molecule has 4 aliphatic rings. The van der Waals surface area contributed by atoms with Gasteiger partial charge in [-0.25, -0.2) is 0 Å². The Bertz CT molecular complexity index is 1290. The zero-order chi connectivity index (χ0) is 32.1. The van der Waals surface area contributed by atoms with E-state index in [1.165, 1.54) is 50.5 Å². The highest BCUT2D eigenvalue weighted by atomic mass is 16.5. The van der Waals surface area contributed by atoms with E-state index in [9.17, 15) is 4.79 Å². The Kier molecular flexibility index (Phi) is 9.17. The zero-order valence-corrected chi connectivity index (χ0v) is 29.2. The van der Waals surface area contributed by atoms with Crippen LogP contribution >= 0.6 is 0 Å². The standard InChI is InChI=1S/C40H62N2O2/c1-26(2)11-9-12-27(3)30-19-23-40(8)32-17-18-34-37(4,5)35(21-22-38(34,6)31(32)20-24-39(30,40)7)44-36(43)14-10-13-28-15-16-29(41)25-33(28)42/h11,15-16,18,25,27,30-32,35H,9-10,12-14,17,19-24,41-42H2,1-8H3. The van der Waals surface area contributed by atoms with Crippen LogP contribution < -0.4 is 11.5 Å². The average Bonchev–Trinajstić information content (AvgIpc) is 3.22. The number of nitrogens with two attached hydrogens (primary N) is 2. The monoisotopic (exact) mass is 602 g/mol. The van der Waals surface area contributed by atoms with Crippen molar-refractivity contribution in [1.29, 1.82) is 0 Å². The summed E-state index contributed by atoms with van der Waals surface area (Å²) in [7, 11) is 0. The summed E-state index contributed by atoms with van der Waals surface area (Å²) in [5, 5.41) is 0. The van der Waals surface area contributed by atoms with Crippen LogP contribution in [0.2, 0.25) is 0 Å². The number of esters is 1. The molecule has 8 unspecified atom stereocenters. The topological polar surface area (TPSA) is 78.3 Å². The van der Waals surface area contributed by atoms with Crippen molar-refractivity contribution in [3.8, 4) is 0 Å². The number of carbonyl (C=O) groups is 1. The maximum atomic E-state index is 13.1. The molecule has 4 nitrogen and oxygen atoms in total. The average molecular weight is 603 g/mol. The molecule has 0 saturated heterocycles. The number of fused-ring (bicyclic) bond motifs is 5. The Morgan fingerprint density at radius 1 is 1.00 bits per heavy atom. The predicted molar refractivity (Wildman–Crippen MR) is 185 cm³/mol. The van der Waals surface area contributed by atoms with Gasteiger partial charge in [0.15, 0.2) is 0 Å². The molecule has 244 valence electrons. The first-order chi connectivity index (χ1) is 20.6. The molecule has 0 radical (unpaired) electrons. The van der Waals surface area contributed by atoms with Crippen LogP contribution in [0.3, 0.4) is 0 Å². The third-order valence-corrected chi connectivity index (χ3v) is 13.9. The van der Waals surface area contributed by atoms with E-state index in [4.69, 9.17) is 16.2 Å². The van der Waals surface area contributed by atoms with Crippen LogP contribution in [0.15, 0.2) is 41.5 Å². The van der Waals surface area contributed by atoms with Gasteiger partial charge in [0, 0.05) is 23.2 Å². The number of nitrogen functional groups attached to an aromatic ring is 2. The maximum Gasteiger partial charge on any atom is 0.306 e. The highest BCUT2D eigenvalue weighted by Gasteiger charge is 2.66. The van der Waals surface area contributed by atoms with Crippen molar-refractivity contribution in [3.05, 3.63) is 47.1 Å². The van der Waals surface area contributed by atoms with Gasteiger partial charge in [0.2, 0.25) is 0 Å². The molecule has 4 heteroatoms. The minimum absolute atomic E-state index is 0.0607. The van der Waals surface area contributed by atoms with Gasteiger partial charge in [0.1, 0.15) is 6.10 Å². The molecule has 0 aromatic heterocycles. The van der Waals surface area contributed by atoms with E-state index < -0.39 is 0 Å². The van der Waals surface area contributed by atoms with E-state index in [2.05, 4.69) is 67.5 Å². The van der Waals surface area contributed by atoms with Crippen LogP contribution in [0.25, 0.3) is 0 Å². The first kappa shape index (κ1) is 33.1. The molecule has 0 spiro atoms. The van der Waals surface area contributed by atoms with Crippen molar-refractivity contribution in [2.75, 3.05) is 11.5 Å². The number of benzene rings is 1. The summed E-state index contributed by atoms with van der Waals surface area (Å²) < 4.78 is 6.28. The van der Waals surface area contributed by atoms with Gasteiger partial charge in [-0.2, -0.15) is 0 Å². The Balaban J connectivity index is 1.26. The number of hydrogen-bond donors (Lipinski definition) is 2. The minimum Gasteiger partial charge on any atom is -0.461 e. The van der Waals surface area contributed by atoms with E-state index in [0.29, 0.717) is 28.6 Å². The molecule has 8 atom stereocenters. The molecule has 0 aliphatic heterocycles. The summed E-state index contributed by atoms with van der Waals surface area (Å²) in [6, 6.07) is 5.64. The number of anilines is 2. The summed E-state index contributed by atoms with van der Waals surface area (Å²) in [4.78, 5) is 13.1. The molecule has 0 amide bonds. The molecule has 1 aromatic carbocycles. The van der Waals surface area contributed by atoms with E-state index >= 15 is 0 Å². The van der Waals surface area contributed by atoms with Crippen LogP contribution in [-0.2, 0) is 16.0 Å². The van der Waals surface area contributed by atoms with E-state index in [1.54, 1.807) is 11.6 Å². The molecule has 44 heavy (non-hydrogen) atoms. The fourth-order valence-corrected chi connectivity index (χ4v) is 11.2. The van der Waals surface area contributed by atoms with Crippen LogP contribution in [0.4, 0.5) is 11.4 Å². The van der Waals surface area contributed by atoms with E-state index in [-0.39, 0.29) is 22.9 Å². The summed E-state index contributed by atoms with van der Waals surface area (Å²) in [5.74, 6) is 3.02. The van der Waals surface area contributed by atoms with Crippen molar-refractivity contribution in [3.63, 3.8) is 0 Å². The van der Waals surface area contributed by atoms with Gasteiger partial charge >= 0.3 is 5.97 Å². The lowest BCUT2D eigenvalue weighted by atomic mass is 9.40. The Morgan fingerprint density at radius 2 is 1.73 bits per heavy atom. The Hall–Kier alpha value is -2.23. The van der Waals surface area contributed by atoms with Crippen LogP contribution in [-0.4, -0.2) is 12.1 Å². The van der Waals surface area contributed by atoms with E-state index in [1.807, 2.05) is 12.1 Å². The lowest BCUT2D eigenvalue weighted by Gasteiger charge is -2.64. The fourth-order valence-electron chi connectivity index (χ4n) is 11.2. The molecule has 5 rings (SSSR count). The van der Waals surface area contributed by atoms with Gasteiger partial charge in [-0.05, 0) is 142 Å². The number of rotatable bonds is 9. The molecule has 0 bridgehead atoms. The molecule has 4 N–H and O–H groups in total. The summed E-state index contributed by atoms with van der Waals surface area (Å²) in [6.07, 6.45) is 18.2. The van der Waals surface area contributed by atoms with Crippen molar-refractivity contribution < 1.29 is 9.53 Å². The molecule has 3 saturated carbocycles. The largest absolute Gasteiger partial charge is 0.461 e. The van der Waals surface area contributed by atoms with Crippen molar-refractivity contribution in [1.82, 2.24) is 0 Å². The summed E-state index contributed by atoms with van der Waals surface area (Å²) >= 11 is 0. The van der Waals surface area contributed by atoms with Crippen LogP contribution in [0, 0.1) is 45.3 Å². The number of allylic oxidation sites excluding steroid dienone is 3. The Morgan fingerprint density at radius 3 is 2.43 bits per heavy atom. The fraction of sp³-hybridized carbons (Fsp3) is 0.725. The molecule has 0 heterocycles. The third-order valence-electron chi connectivity index (χ3n) is 13.9. The number of aryl methyl sites for hydroxylation is 1. The Labute approximate surface area is 268 Å². The second-order valence-corrected chi connectivity index (χ2v) is 16.9. The maximum absolute atomic E-state index is 13.1. The van der Waals surface area contributed by atoms with Gasteiger partial charge in [0.25, 0.3) is 0 Å². The predicted octanol–water partition coefficient (Wildman–Crippen LogP) is 10.1. The molecular weight excluding hydrogens is 540 g/mol. The highest BCUT2D eigenvalue weighted by Crippen LogP contribution is 2.73. The summed E-state index contributed by atoms with van der Waals surface area (Å²) in [6.45, 7) is 19.6. The normalized spacial score (nSPS) is 36.3. The summed E-state index contributed by atoms with van der Waals surface area (Å²) in [5.41, 5.74) is 18.3. The highest BCUT2D eigenvalue weighted by molar-refractivity contribution is 5.70. The minimum atomic E-state index is -0.145. The smallest absolute Gasteiger partial charge is 0.306 e. The first-order valence-electron chi connectivity index (χ1n) is 17.8. The SMILES string of the molecule is CC(C)=CCCC(C)C1CCC2(C)C3CC=C4C(C)(C)C(OC(=O)CCCc5ccc(N)cc5N)CCC4(C)C3CCC12C. The molecule has 1 aromatic rings.